The van der Waals surface area contributed by atoms with E-state index in [9.17, 15) is 14.7 Å². The molecule has 6 heteroatoms. The number of benzene rings is 1. The summed E-state index contributed by atoms with van der Waals surface area (Å²) in [6, 6.07) is 8.23. The Bertz CT molecular complexity index is 835. The van der Waals surface area contributed by atoms with Crippen LogP contribution in [0.25, 0.3) is 11.0 Å². The Morgan fingerprint density at radius 3 is 2.64 bits per heavy atom. The molecule has 0 unspecified atom stereocenters. The predicted molar refractivity (Wildman–Crippen MR) is 93.6 cm³/mol. The number of aliphatic hydroxyl groups is 1. The average Bonchev–Trinajstić information content (AvgIpc) is 3.47. The SMILES string of the molecule is O=C(c1cc(=O)c2ccccc2o1)N1CCN(C[C@@H](O)C2CC2)CC1. The highest BCUT2D eigenvalue weighted by Gasteiger charge is 2.32. The largest absolute Gasteiger partial charge is 0.451 e. The molecule has 1 aromatic carbocycles. The van der Waals surface area contributed by atoms with Crippen LogP contribution in [0.4, 0.5) is 0 Å². The van der Waals surface area contributed by atoms with E-state index in [-0.39, 0.29) is 23.2 Å². The lowest BCUT2D eigenvalue weighted by Gasteiger charge is -2.35. The van der Waals surface area contributed by atoms with Crippen LogP contribution in [0.15, 0.2) is 39.5 Å². The van der Waals surface area contributed by atoms with Gasteiger partial charge in [-0.3, -0.25) is 14.5 Å². The first-order valence-corrected chi connectivity index (χ1v) is 8.84. The van der Waals surface area contributed by atoms with Gasteiger partial charge in [0.25, 0.3) is 5.91 Å². The normalized spacial score (nSPS) is 20.0. The summed E-state index contributed by atoms with van der Waals surface area (Å²) in [5.74, 6) is 0.312. The number of hydrogen-bond acceptors (Lipinski definition) is 5. The highest BCUT2D eigenvalue weighted by Crippen LogP contribution is 2.32. The van der Waals surface area contributed by atoms with Crippen LogP contribution in [-0.4, -0.2) is 59.6 Å². The van der Waals surface area contributed by atoms with E-state index in [4.69, 9.17) is 4.42 Å². The number of piperazine rings is 1. The molecule has 132 valence electrons. The third-order valence-corrected chi connectivity index (χ3v) is 5.12. The second-order valence-electron chi connectivity index (χ2n) is 6.97. The zero-order chi connectivity index (χ0) is 17.4. The summed E-state index contributed by atoms with van der Waals surface area (Å²) in [5, 5.41) is 10.5. The van der Waals surface area contributed by atoms with Crippen LogP contribution in [-0.2, 0) is 0 Å². The van der Waals surface area contributed by atoms with Crippen molar-refractivity contribution in [2.45, 2.75) is 18.9 Å². The molecule has 1 aliphatic heterocycles. The lowest BCUT2D eigenvalue weighted by atomic mass is 10.2. The molecular formula is C19H22N2O4. The maximum absolute atomic E-state index is 12.7. The molecule has 0 radical (unpaired) electrons. The number of fused-ring (bicyclic) bond motifs is 1. The van der Waals surface area contributed by atoms with Crippen LogP contribution in [0, 0.1) is 5.92 Å². The lowest BCUT2D eigenvalue weighted by molar-refractivity contribution is 0.0468. The topological polar surface area (TPSA) is 74.0 Å². The molecule has 1 N–H and O–H groups in total. The summed E-state index contributed by atoms with van der Waals surface area (Å²) in [7, 11) is 0. The van der Waals surface area contributed by atoms with Crippen molar-refractivity contribution in [3.63, 3.8) is 0 Å². The van der Waals surface area contributed by atoms with Gasteiger partial charge in [-0.15, -0.1) is 0 Å². The lowest BCUT2D eigenvalue weighted by Crippen LogP contribution is -2.50. The zero-order valence-electron chi connectivity index (χ0n) is 14.1. The first-order valence-electron chi connectivity index (χ1n) is 8.84. The number of nitrogens with zero attached hydrogens (tertiary/aromatic N) is 2. The standard InChI is InChI=1S/C19H22N2O4/c22-15-11-18(25-17-4-2-1-3-14(15)17)19(24)21-9-7-20(8-10-21)12-16(23)13-5-6-13/h1-4,11,13,16,23H,5-10,12H2/t16-/m1/s1. The molecule has 0 spiro atoms. The van der Waals surface area contributed by atoms with Crippen molar-refractivity contribution >= 4 is 16.9 Å². The van der Waals surface area contributed by atoms with Gasteiger partial charge in [0.05, 0.1) is 11.5 Å². The number of para-hydroxylation sites is 1. The number of carbonyl (C=O) groups is 1. The van der Waals surface area contributed by atoms with Gasteiger partial charge in [-0.25, -0.2) is 0 Å². The second kappa shape index (κ2) is 6.61. The van der Waals surface area contributed by atoms with E-state index in [1.54, 1.807) is 29.2 Å². The molecule has 1 saturated heterocycles. The molecule has 1 atom stereocenters. The van der Waals surface area contributed by atoms with Crippen LogP contribution < -0.4 is 5.43 Å². The number of hydrogen-bond donors (Lipinski definition) is 1. The van der Waals surface area contributed by atoms with E-state index >= 15 is 0 Å². The van der Waals surface area contributed by atoms with Crippen molar-refractivity contribution in [3.05, 3.63) is 46.3 Å². The third-order valence-electron chi connectivity index (χ3n) is 5.12. The Balaban J connectivity index is 1.42. The summed E-state index contributed by atoms with van der Waals surface area (Å²) < 4.78 is 5.64. The Morgan fingerprint density at radius 2 is 1.92 bits per heavy atom. The van der Waals surface area contributed by atoms with Gasteiger partial charge in [-0.2, -0.15) is 0 Å². The fourth-order valence-corrected chi connectivity index (χ4v) is 3.39. The zero-order valence-corrected chi connectivity index (χ0v) is 14.1. The fraction of sp³-hybridized carbons (Fsp3) is 0.474. The highest BCUT2D eigenvalue weighted by molar-refractivity contribution is 5.93. The minimum atomic E-state index is -0.249. The smallest absolute Gasteiger partial charge is 0.289 e. The quantitative estimate of drug-likeness (QED) is 0.907. The number of aliphatic hydroxyl groups excluding tert-OH is 1. The maximum atomic E-state index is 12.7. The van der Waals surface area contributed by atoms with Gasteiger partial charge in [0.1, 0.15) is 5.58 Å². The van der Waals surface area contributed by atoms with Crippen molar-refractivity contribution in [1.29, 1.82) is 0 Å². The number of carbonyl (C=O) groups excluding carboxylic acids is 1. The second-order valence-corrected chi connectivity index (χ2v) is 6.97. The van der Waals surface area contributed by atoms with Crippen LogP contribution >= 0.6 is 0 Å². The summed E-state index contributed by atoms with van der Waals surface area (Å²) in [5.41, 5.74) is 0.237. The van der Waals surface area contributed by atoms with Crippen molar-refractivity contribution in [2.75, 3.05) is 32.7 Å². The number of rotatable bonds is 4. The van der Waals surface area contributed by atoms with E-state index in [0.717, 1.165) is 25.9 Å². The van der Waals surface area contributed by atoms with Crippen molar-refractivity contribution in [3.8, 4) is 0 Å². The first-order chi connectivity index (χ1) is 12.1. The molecule has 0 bridgehead atoms. The van der Waals surface area contributed by atoms with E-state index in [0.29, 0.717) is 36.5 Å². The summed E-state index contributed by atoms with van der Waals surface area (Å²) in [6.07, 6.45) is 2.00. The molecule has 2 fully saturated rings. The minimum absolute atomic E-state index is 0.0927. The Labute approximate surface area is 145 Å². The van der Waals surface area contributed by atoms with Crippen molar-refractivity contribution in [1.82, 2.24) is 9.80 Å². The van der Waals surface area contributed by atoms with Gasteiger partial charge in [0.2, 0.25) is 0 Å². The van der Waals surface area contributed by atoms with Gasteiger partial charge in [0, 0.05) is 38.8 Å². The summed E-state index contributed by atoms with van der Waals surface area (Å²) >= 11 is 0. The minimum Gasteiger partial charge on any atom is -0.451 e. The van der Waals surface area contributed by atoms with Gasteiger partial charge >= 0.3 is 0 Å². The third kappa shape index (κ3) is 3.45. The van der Waals surface area contributed by atoms with Crippen molar-refractivity contribution < 1.29 is 14.3 Å². The number of β-amino-alcohol motifs (C(OH)–C–C–N with tert-alkyl or cyclic N) is 1. The average molecular weight is 342 g/mol. The molecular weight excluding hydrogens is 320 g/mol. The summed E-state index contributed by atoms with van der Waals surface area (Å²) in [4.78, 5) is 28.7. The Morgan fingerprint density at radius 1 is 1.20 bits per heavy atom. The van der Waals surface area contributed by atoms with E-state index < -0.39 is 0 Å². The van der Waals surface area contributed by atoms with Crippen molar-refractivity contribution in [2.24, 2.45) is 5.92 Å². The van der Waals surface area contributed by atoms with E-state index in [1.807, 2.05) is 0 Å². The van der Waals surface area contributed by atoms with Crippen LogP contribution in [0.1, 0.15) is 23.4 Å². The molecule has 2 aromatic rings. The van der Waals surface area contributed by atoms with Gasteiger partial charge in [-0.1, -0.05) is 12.1 Å². The van der Waals surface area contributed by atoms with Crippen LogP contribution in [0.2, 0.25) is 0 Å². The maximum Gasteiger partial charge on any atom is 0.289 e. The van der Waals surface area contributed by atoms with E-state index in [1.165, 1.54) is 6.07 Å². The molecule has 1 aliphatic carbocycles. The Hall–Kier alpha value is -2.18. The summed E-state index contributed by atoms with van der Waals surface area (Å²) in [6.45, 7) is 3.29. The van der Waals surface area contributed by atoms with Crippen LogP contribution in [0.5, 0.6) is 0 Å². The molecule has 1 aromatic heterocycles. The predicted octanol–water partition coefficient (Wildman–Crippen LogP) is 1.32. The Kier molecular flexibility index (Phi) is 4.31. The fourth-order valence-electron chi connectivity index (χ4n) is 3.39. The van der Waals surface area contributed by atoms with E-state index in [2.05, 4.69) is 4.90 Å². The molecule has 25 heavy (non-hydrogen) atoms. The molecule has 6 nitrogen and oxygen atoms in total. The monoisotopic (exact) mass is 342 g/mol. The van der Waals surface area contributed by atoms with Gasteiger partial charge < -0.3 is 14.4 Å². The van der Waals surface area contributed by atoms with Crippen LogP contribution in [0.3, 0.4) is 0 Å². The van der Waals surface area contributed by atoms with Gasteiger partial charge in [0.15, 0.2) is 11.2 Å². The molecule has 2 aliphatic rings. The van der Waals surface area contributed by atoms with Gasteiger partial charge in [-0.05, 0) is 30.9 Å². The molecule has 1 saturated carbocycles. The molecule has 2 heterocycles. The molecule has 4 rings (SSSR count). The number of amides is 1. The highest BCUT2D eigenvalue weighted by atomic mass is 16.3. The first kappa shape index (κ1) is 16.3. The molecule has 1 amide bonds.